The summed E-state index contributed by atoms with van der Waals surface area (Å²) in [6.07, 6.45) is 0. The largest absolute Gasteiger partial charge is 0.481 e. The van der Waals surface area contributed by atoms with Crippen molar-refractivity contribution in [2.75, 3.05) is 13.1 Å². The molecule has 2 bridgehead atoms. The third-order valence-electron chi connectivity index (χ3n) is 6.49. The molecule has 2 aromatic carbocycles. The molecule has 158 valence electrons. The number of carbonyl (C=O) groups excluding carboxylic acids is 1. The summed E-state index contributed by atoms with van der Waals surface area (Å²) in [6.45, 7) is 9.72. The van der Waals surface area contributed by atoms with E-state index in [1.165, 1.54) is 0 Å². The minimum atomic E-state index is -0.874. The number of hydrogen-bond donors (Lipinski definition) is 1. The molecule has 5 rings (SSSR count). The van der Waals surface area contributed by atoms with Crippen LogP contribution in [0.5, 0.6) is 0 Å². The standard InChI is InChI=1S/C26H31NO3/c1-15(2)13-27(14-16(3)4)25(28)23-21-17-9-5-7-11-19(17)22(24(23)26(29)30)20-12-8-6-10-18(20)21/h5-12,15-16,21-24H,13-14H2,1-4H3,(H,29,30)/t21?,22?,23-,24-/m1/s1. The van der Waals surface area contributed by atoms with Gasteiger partial charge in [-0.15, -0.1) is 0 Å². The van der Waals surface area contributed by atoms with E-state index in [1.807, 2.05) is 41.3 Å². The van der Waals surface area contributed by atoms with E-state index in [4.69, 9.17) is 0 Å². The monoisotopic (exact) mass is 405 g/mol. The zero-order chi connectivity index (χ0) is 21.6. The Morgan fingerprint density at radius 1 is 0.767 bits per heavy atom. The predicted molar refractivity (Wildman–Crippen MR) is 117 cm³/mol. The van der Waals surface area contributed by atoms with E-state index < -0.39 is 17.8 Å². The van der Waals surface area contributed by atoms with Crippen molar-refractivity contribution in [3.8, 4) is 0 Å². The number of nitrogens with zero attached hydrogens (tertiary/aromatic N) is 1. The second-order valence-corrected chi connectivity index (χ2v) is 9.63. The number of benzene rings is 2. The minimum absolute atomic E-state index is 0.0104. The van der Waals surface area contributed by atoms with Crippen LogP contribution < -0.4 is 0 Å². The molecule has 0 saturated carbocycles. The summed E-state index contributed by atoms with van der Waals surface area (Å²) in [5.74, 6) is -2.03. The van der Waals surface area contributed by atoms with Crippen LogP contribution in [-0.2, 0) is 9.59 Å². The molecule has 2 aromatic rings. The first kappa shape index (κ1) is 20.6. The number of carboxylic acids is 1. The number of carbonyl (C=O) groups is 2. The van der Waals surface area contributed by atoms with Gasteiger partial charge < -0.3 is 10.0 Å². The highest BCUT2D eigenvalue weighted by molar-refractivity contribution is 5.90. The summed E-state index contributed by atoms with van der Waals surface area (Å²) in [5, 5.41) is 10.3. The second kappa shape index (κ2) is 7.90. The van der Waals surface area contributed by atoms with E-state index in [1.54, 1.807) is 0 Å². The first-order valence-electron chi connectivity index (χ1n) is 11.0. The SMILES string of the molecule is CC(C)CN(CC(C)C)C(=O)[C@@H]1C2c3ccccc3C(c3ccccc32)[C@H]1C(=O)O. The van der Waals surface area contributed by atoms with Gasteiger partial charge in [-0.05, 0) is 34.1 Å². The number of fused-ring (bicyclic) bond motifs is 1. The maximum atomic E-state index is 14.0. The van der Waals surface area contributed by atoms with Crippen LogP contribution in [0.15, 0.2) is 48.5 Å². The topological polar surface area (TPSA) is 57.6 Å². The Hall–Kier alpha value is -2.62. The van der Waals surface area contributed by atoms with Crippen molar-refractivity contribution in [1.29, 1.82) is 0 Å². The molecule has 0 heterocycles. The van der Waals surface area contributed by atoms with Gasteiger partial charge in [-0.25, -0.2) is 0 Å². The van der Waals surface area contributed by atoms with Crippen LogP contribution >= 0.6 is 0 Å². The molecule has 0 saturated heterocycles. The van der Waals surface area contributed by atoms with Crippen molar-refractivity contribution in [2.45, 2.75) is 39.5 Å². The van der Waals surface area contributed by atoms with Gasteiger partial charge in [-0.1, -0.05) is 76.2 Å². The lowest BCUT2D eigenvalue weighted by molar-refractivity contribution is -0.153. The van der Waals surface area contributed by atoms with Crippen LogP contribution in [0.25, 0.3) is 0 Å². The molecule has 1 amide bonds. The minimum Gasteiger partial charge on any atom is -0.481 e. The maximum absolute atomic E-state index is 14.0. The zero-order valence-electron chi connectivity index (χ0n) is 18.2. The molecular weight excluding hydrogens is 374 g/mol. The van der Waals surface area contributed by atoms with Gasteiger partial charge in [0.2, 0.25) is 5.91 Å². The fourth-order valence-electron chi connectivity index (χ4n) is 5.62. The van der Waals surface area contributed by atoms with E-state index in [0.717, 1.165) is 22.3 Å². The van der Waals surface area contributed by atoms with Crippen LogP contribution in [0.1, 0.15) is 61.8 Å². The van der Waals surface area contributed by atoms with E-state index in [9.17, 15) is 14.7 Å². The Kier molecular flexibility index (Phi) is 5.44. The quantitative estimate of drug-likeness (QED) is 0.755. The van der Waals surface area contributed by atoms with E-state index in [-0.39, 0.29) is 17.7 Å². The van der Waals surface area contributed by atoms with Gasteiger partial charge in [-0.2, -0.15) is 0 Å². The third-order valence-corrected chi connectivity index (χ3v) is 6.49. The molecular formula is C26H31NO3. The molecule has 30 heavy (non-hydrogen) atoms. The molecule has 3 aliphatic rings. The van der Waals surface area contributed by atoms with Crippen LogP contribution in [0.3, 0.4) is 0 Å². The summed E-state index contributed by atoms with van der Waals surface area (Å²) in [4.78, 5) is 28.4. The summed E-state index contributed by atoms with van der Waals surface area (Å²) < 4.78 is 0. The molecule has 0 unspecified atom stereocenters. The Balaban J connectivity index is 1.87. The van der Waals surface area contributed by atoms with Crippen molar-refractivity contribution in [1.82, 2.24) is 4.90 Å². The smallest absolute Gasteiger partial charge is 0.308 e. The van der Waals surface area contributed by atoms with Gasteiger partial charge >= 0.3 is 5.97 Å². The fraction of sp³-hybridized carbons (Fsp3) is 0.462. The molecule has 3 aliphatic carbocycles. The Bertz CT molecular complexity index is 907. The van der Waals surface area contributed by atoms with Gasteiger partial charge in [0.05, 0.1) is 11.8 Å². The molecule has 2 atom stereocenters. The molecule has 4 heteroatoms. The van der Waals surface area contributed by atoms with E-state index in [0.29, 0.717) is 24.9 Å². The van der Waals surface area contributed by atoms with Crippen molar-refractivity contribution in [3.05, 3.63) is 70.8 Å². The molecule has 0 radical (unpaired) electrons. The Labute approximate surface area is 178 Å². The predicted octanol–water partition coefficient (Wildman–Crippen LogP) is 4.74. The average Bonchev–Trinajstić information content (AvgIpc) is 2.71. The average molecular weight is 406 g/mol. The molecule has 4 nitrogen and oxygen atoms in total. The highest BCUT2D eigenvalue weighted by atomic mass is 16.4. The van der Waals surface area contributed by atoms with Crippen LogP contribution in [0.2, 0.25) is 0 Å². The van der Waals surface area contributed by atoms with Crippen molar-refractivity contribution < 1.29 is 14.7 Å². The summed E-state index contributed by atoms with van der Waals surface area (Å²) >= 11 is 0. The fourth-order valence-corrected chi connectivity index (χ4v) is 5.62. The normalized spacial score (nSPS) is 23.9. The second-order valence-electron chi connectivity index (χ2n) is 9.63. The van der Waals surface area contributed by atoms with Crippen molar-refractivity contribution in [3.63, 3.8) is 0 Å². The third kappa shape index (κ3) is 3.32. The zero-order valence-corrected chi connectivity index (χ0v) is 18.2. The van der Waals surface area contributed by atoms with Gasteiger partial charge in [0, 0.05) is 24.9 Å². The van der Waals surface area contributed by atoms with Crippen LogP contribution in [0, 0.1) is 23.7 Å². The maximum Gasteiger partial charge on any atom is 0.308 e. The summed E-state index contributed by atoms with van der Waals surface area (Å²) in [6, 6.07) is 16.2. The van der Waals surface area contributed by atoms with E-state index in [2.05, 4.69) is 39.8 Å². The van der Waals surface area contributed by atoms with Gasteiger partial charge in [-0.3, -0.25) is 9.59 Å². The molecule has 0 fully saturated rings. The first-order valence-corrected chi connectivity index (χ1v) is 11.0. The lowest BCUT2D eigenvalue weighted by Gasteiger charge is -2.49. The van der Waals surface area contributed by atoms with Gasteiger partial charge in [0.25, 0.3) is 0 Å². The highest BCUT2D eigenvalue weighted by Crippen LogP contribution is 2.58. The summed E-state index contributed by atoms with van der Waals surface area (Å²) in [7, 11) is 0. The Morgan fingerprint density at radius 2 is 1.13 bits per heavy atom. The highest BCUT2D eigenvalue weighted by Gasteiger charge is 2.56. The number of amides is 1. The Morgan fingerprint density at radius 3 is 1.47 bits per heavy atom. The van der Waals surface area contributed by atoms with Crippen molar-refractivity contribution >= 4 is 11.9 Å². The lowest BCUT2D eigenvalue weighted by atomic mass is 9.54. The molecule has 0 aromatic heterocycles. The first-order chi connectivity index (χ1) is 14.3. The molecule has 0 aliphatic heterocycles. The summed E-state index contributed by atoms with van der Waals surface area (Å²) in [5.41, 5.74) is 4.37. The molecule has 1 N–H and O–H groups in total. The lowest BCUT2D eigenvalue weighted by Crippen LogP contribution is -2.52. The number of rotatable bonds is 6. The van der Waals surface area contributed by atoms with E-state index >= 15 is 0 Å². The van der Waals surface area contributed by atoms with Crippen LogP contribution in [-0.4, -0.2) is 35.0 Å². The van der Waals surface area contributed by atoms with Gasteiger partial charge in [0.15, 0.2) is 0 Å². The number of aliphatic carboxylic acids is 1. The van der Waals surface area contributed by atoms with Crippen molar-refractivity contribution in [2.24, 2.45) is 23.7 Å². The van der Waals surface area contributed by atoms with Gasteiger partial charge in [0.1, 0.15) is 0 Å². The van der Waals surface area contributed by atoms with Crippen LogP contribution in [0.4, 0.5) is 0 Å². The molecule has 0 spiro atoms. The number of hydrogen-bond acceptors (Lipinski definition) is 2. The number of carboxylic acid groups (broad SMARTS) is 1.